The summed E-state index contributed by atoms with van der Waals surface area (Å²) in [6, 6.07) is 2.85. The van der Waals surface area contributed by atoms with E-state index in [2.05, 4.69) is 0 Å². The Morgan fingerprint density at radius 1 is 1.50 bits per heavy atom. The summed E-state index contributed by atoms with van der Waals surface area (Å²) in [6.07, 6.45) is 1.60. The molecule has 6 nitrogen and oxygen atoms in total. The molecule has 1 aliphatic heterocycles. The number of halogens is 1. The van der Waals surface area contributed by atoms with Crippen molar-refractivity contribution < 1.29 is 22.3 Å². The summed E-state index contributed by atoms with van der Waals surface area (Å²) in [5, 5.41) is 5.03. The Kier molecular flexibility index (Phi) is 5.15. The van der Waals surface area contributed by atoms with Gasteiger partial charge in [0.25, 0.3) is 5.91 Å². The van der Waals surface area contributed by atoms with Crippen LogP contribution in [0, 0.1) is 5.82 Å². The van der Waals surface area contributed by atoms with Crippen LogP contribution in [-0.2, 0) is 14.8 Å². The quantitative estimate of drug-likeness (QED) is 0.895. The third kappa shape index (κ3) is 3.63. The summed E-state index contributed by atoms with van der Waals surface area (Å²) in [4.78, 5) is 13.8. The van der Waals surface area contributed by atoms with Crippen LogP contribution in [0.5, 0.6) is 0 Å². The van der Waals surface area contributed by atoms with Gasteiger partial charge in [-0.25, -0.2) is 17.9 Å². The summed E-state index contributed by atoms with van der Waals surface area (Å²) in [5.41, 5.74) is -0.283. The summed E-state index contributed by atoms with van der Waals surface area (Å²) in [7, 11) is -3.99. The fraction of sp³-hybridized carbons (Fsp3) is 0.500. The van der Waals surface area contributed by atoms with E-state index in [4.69, 9.17) is 9.88 Å². The minimum absolute atomic E-state index is 0.135. The summed E-state index contributed by atoms with van der Waals surface area (Å²) >= 11 is 0. The second-order valence-corrected chi connectivity index (χ2v) is 6.76. The van der Waals surface area contributed by atoms with E-state index >= 15 is 0 Å². The smallest absolute Gasteiger partial charge is 0.257 e. The Balaban J connectivity index is 2.35. The maximum Gasteiger partial charge on any atom is 0.257 e. The molecule has 2 N–H and O–H groups in total. The molecule has 122 valence electrons. The zero-order valence-electron chi connectivity index (χ0n) is 12.3. The number of morpholine rings is 1. The highest BCUT2D eigenvalue weighted by Gasteiger charge is 2.29. The molecule has 0 unspecified atom stereocenters. The van der Waals surface area contributed by atoms with E-state index in [1.54, 1.807) is 4.90 Å². The van der Waals surface area contributed by atoms with Crippen LogP contribution in [-0.4, -0.2) is 45.0 Å². The molecule has 1 heterocycles. The number of hydrogen-bond donors (Lipinski definition) is 1. The predicted molar refractivity (Wildman–Crippen MR) is 78.3 cm³/mol. The van der Waals surface area contributed by atoms with E-state index in [9.17, 15) is 17.6 Å². The van der Waals surface area contributed by atoms with Gasteiger partial charge in [-0.3, -0.25) is 4.79 Å². The second kappa shape index (κ2) is 6.72. The first-order valence-electron chi connectivity index (χ1n) is 7.05. The maximum absolute atomic E-state index is 14.0. The highest BCUT2D eigenvalue weighted by atomic mass is 32.2. The largest absolute Gasteiger partial charge is 0.377 e. The minimum Gasteiger partial charge on any atom is -0.377 e. The van der Waals surface area contributed by atoms with E-state index in [0.717, 1.165) is 31.0 Å². The van der Waals surface area contributed by atoms with Crippen LogP contribution in [0.1, 0.15) is 30.1 Å². The zero-order chi connectivity index (χ0) is 16.3. The lowest BCUT2D eigenvalue weighted by Crippen LogP contribution is -2.48. The average Bonchev–Trinajstić information content (AvgIpc) is 2.47. The normalized spacial score (nSPS) is 19.2. The van der Waals surface area contributed by atoms with E-state index < -0.39 is 21.7 Å². The number of nitrogens with zero attached hydrogens (tertiary/aromatic N) is 1. The van der Waals surface area contributed by atoms with E-state index in [1.807, 2.05) is 6.92 Å². The number of hydrogen-bond acceptors (Lipinski definition) is 4. The first-order chi connectivity index (χ1) is 10.3. The number of carbonyl (C=O) groups is 1. The molecule has 8 heteroatoms. The highest BCUT2D eigenvalue weighted by molar-refractivity contribution is 7.89. The number of carbonyl (C=O) groups excluding carboxylic acids is 1. The van der Waals surface area contributed by atoms with Crippen LogP contribution in [0.3, 0.4) is 0 Å². The Morgan fingerprint density at radius 3 is 2.86 bits per heavy atom. The van der Waals surface area contributed by atoms with Gasteiger partial charge in [-0.15, -0.1) is 0 Å². The molecule has 22 heavy (non-hydrogen) atoms. The van der Waals surface area contributed by atoms with Crippen LogP contribution in [0.15, 0.2) is 23.1 Å². The van der Waals surface area contributed by atoms with Crippen LogP contribution in [0.2, 0.25) is 0 Å². The number of primary sulfonamides is 1. The van der Waals surface area contributed by atoms with Gasteiger partial charge >= 0.3 is 0 Å². The average molecular weight is 330 g/mol. The van der Waals surface area contributed by atoms with Crippen LogP contribution >= 0.6 is 0 Å². The molecule has 0 radical (unpaired) electrons. The van der Waals surface area contributed by atoms with Gasteiger partial charge in [-0.2, -0.15) is 0 Å². The summed E-state index contributed by atoms with van der Waals surface area (Å²) in [6.45, 7) is 3.11. The van der Waals surface area contributed by atoms with Gasteiger partial charge in [0.2, 0.25) is 10.0 Å². The topological polar surface area (TPSA) is 89.7 Å². The van der Waals surface area contributed by atoms with Crippen molar-refractivity contribution in [1.29, 1.82) is 0 Å². The molecule has 0 aromatic heterocycles. The van der Waals surface area contributed by atoms with Crippen molar-refractivity contribution in [2.24, 2.45) is 5.14 Å². The molecule has 1 aromatic carbocycles. The van der Waals surface area contributed by atoms with Gasteiger partial charge in [0.05, 0.1) is 29.7 Å². The molecule has 0 spiro atoms. The molecule has 1 atom stereocenters. The molecule has 1 saturated heterocycles. The third-order valence-electron chi connectivity index (χ3n) is 3.61. The first kappa shape index (κ1) is 16.9. The van der Waals surface area contributed by atoms with Gasteiger partial charge in [-0.1, -0.05) is 13.3 Å². The lowest BCUT2D eigenvalue weighted by atomic mass is 10.1. The lowest BCUT2D eigenvalue weighted by Gasteiger charge is -2.35. The van der Waals surface area contributed by atoms with Crippen LogP contribution in [0.4, 0.5) is 4.39 Å². The molecule has 1 amide bonds. The van der Waals surface area contributed by atoms with E-state index in [-0.39, 0.29) is 16.5 Å². The fourth-order valence-corrected chi connectivity index (χ4v) is 3.03. The Hall–Kier alpha value is -1.51. The van der Waals surface area contributed by atoms with Crippen molar-refractivity contribution in [2.75, 3.05) is 19.8 Å². The van der Waals surface area contributed by atoms with Gasteiger partial charge < -0.3 is 9.64 Å². The second-order valence-electron chi connectivity index (χ2n) is 5.20. The molecule has 1 fully saturated rings. The molecule has 2 rings (SSSR count). The molecule has 0 saturated carbocycles. The summed E-state index contributed by atoms with van der Waals surface area (Å²) < 4.78 is 42.1. The lowest BCUT2D eigenvalue weighted by molar-refractivity contribution is -0.00458. The molecule has 1 aliphatic rings. The van der Waals surface area contributed by atoms with Crippen molar-refractivity contribution >= 4 is 15.9 Å². The maximum atomic E-state index is 14.0. The zero-order valence-corrected chi connectivity index (χ0v) is 13.1. The van der Waals surface area contributed by atoms with Crippen molar-refractivity contribution in [3.63, 3.8) is 0 Å². The Morgan fingerprint density at radius 2 is 2.23 bits per heavy atom. The highest BCUT2D eigenvalue weighted by Crippen LogP contribution is 2.20. The first-order valence-corrected chi connectivity index (χ1v) is 8.60. The number of rotatable bonds is 4. The van der Waals surface area contributed by atoms with Crippen LogP contribution < -0.4 is 5.14 Å². The SMILES string of the molecule is CCC[C@@H]1COCCN1C(=O)c1cc(S(N)(=O)=O)ccc1F. The monoisotopic (exact) mass is 330 g/mol. The minimum atomic E-state index is -3.99. The summed E-state index contributed by atoms with van der Waals surface area (Å²) in [5.74, 6) is -1.30. The fourth-order valence-electron chi connectivity index (χ4n) is 2.49. The number of sulfonamides is 1. The number of ether oxygens (including phenoxy) is 1. The van der Waals surface area contributed by atoms with Crippen molar-refractivity contribution in [2.45, 2.75) is 30.7 Å². The molecule has 0 bridgehead atoms. The van der Waals surface area contributed by atoms with Crippen molar-refractivity contribution in [1.82, 2.24) is 4.90 Å². The third-order valence-corrected chi connectivity index (χ3v) is 4.52. The predicted octanol–water partition coefficient (Wildman–Crippen LogP) is 1.11. The van der Waals surface area contributed by atoms with Gasteiger partial charge in [0, 0.05) is 6.54 Å². The number of amides is 1. The van der Waals surface area contributed by atoms with E-state index in [1.165, 1.54) is 0 Å². The van der Waals surface area contributed by atoms with Crippen molar-refractivity contribution in [3.05, 3.63) is 29.6 Å². The van der Waals surface area contributed by atoms with Gasteiger partial charge in [-0.05, 0) is 24.6 Å². The standard InChI is InChI=1S/C14H19FN2O4S/c1-2-3-10-9-21-7-6-17(10)14(18)12-8-11(22(16,19)20)4-5-13(12)15/h4-5,8,10H,2-3,6-7,9H2,1H3,(H2,16,19,20)/t10-/m1/s1. The Bertz CT molecular complexity index is 661. The molecular weight excluding hydrogens is 311 g/mol. The van der Waals surface area contributed by atoms with Crippen LogP contribution in [0.25, 0.3) is 0 Å². The van der Waals surface area contributed by atoms with E-state index in [0.29, 0.717) is 19.8 Å². The van der Waals surface area contributed by atoms with Crippen molar-refractivity contribution in [3.8, 4) is 0 Å². The molecule has 0 aliphatic carbocycles. The Labute approximate surface area is 129 Å². The van der Waals surface area contributed by atoms with Gasteiger partial charge in [0.1, 0.15) is 5.82 Å². The molecule has 1 aromatic rings. The number of benzene rings is 1. The molecular formula is C14H19FN2O4S. The van der Waals surface area contributed by atoms with Gasteiger partial charge in [0.15, 0.2) is 0 Å². The number of nitrogens with two attached hydrogens (primary N) is 1.